The minimum absolute atomic E-state index is 0.336. The lowest BCUT2D eigenvalue weighted by Gasteiger charge is -2.25. The normalized spacial score (nSPS) is 19.9. The summed E-state index contributed by atoms with van der Waals surface area (Å²) in [4.78, 5) is 32.3. The van der Waals surface area contributed by atoms with Crippen LogP contribution in [-0.4, -0.2) is 60.3 Å². The molecule has 1 aromatic heterocycles. The first-order valence-electron chi connectivity index (χ1n) is 9.01. The van der Waals surface area contributed by atoms with Crippen LogP contribution < -0.4 is 15.0 Å². The number of anilines is 2. The highest BCUT2D eigenvalue weighted by atomic mass is 32.1. The Kier molecular flexibility index (Phi) is 4.86. The number of rotatable bonds is 3. The number of carbonyl (C=O) groups is 2. The van der Waals surface area contributed by atoms with Gasteiger partial charge in [0.25, 0.3) is 0 Å². The number of likely N-dealkylation sites (tertiary alicyclic amines) is 1. The van der Waals surface area contributed by atoms with E-state index in [0.717, 1.165) is 5.56 Å². The zero-order valence-electron chi connectivity index (χ0n) is 15.7. The summed E-state index contributed by atoms with van der Waals surface area (Å²) in [5.41, 5.74) is 1.62. The minimum atomic E-state index is -0.544. The Hall–Kier alpha value is -3.16. The van der Waals surface area contributed by atoms with Crippen LogP contribution >= 0.6 is 11.3 Å². The van der Waals surface area contributed by atoms with Crippen LogP contribution in [0.3, 0.4) is 0 Å². The van der Waals surface area contributed by atoms with Crippen LogP contribution in [0.25, 0.3) is 0 Å². The Bertz CT molecular complexity index is 1020. The molecule has 0 saturated carbocycles. The van der Waals surface area contributed by atoms with E-state index in [2.05, 4.69) is 16.4 Å². The summed E-state index contributed by atoms with van der Waals surface area (Å²) in [7, 11) is 1.53. The molecule has 2 aliphatic rings. The van der Waals surface area contributed by atoms with E-state index in [1.54, 1.807) is 28.0 Å². The molecule has 150 valence electrons. The number of nitrogens with one attached hydrogen (secondary N) is 1. The van der Waals surface area contributed by atoms with Gasteiger partial charge >= 0.3 is 6.03 Å². The number of fused-ring (bicyclic) bond motifs is 2. The lowest BCUT2D eigenvalue weighted by Crippen LogP contribution is -2.42. The number of aromatic nitrogens is 1. The number of nitriles is 1. The van der Waals surface area contributed by atoms with E-state index in [1.165, 1.54) is 24.6 Å². The summed E-state index contributed by atoms with van der Waals surface area (Å²) in [6, 6.07) is 7.04. The molecule has 1 atom stereocenters. The number of urea groups is 1. The minimum Gasteiger partial charge on any atom is -0.486 e. The Morgan fingerprint density at radius 2 is 2.28 bits per heavy atom. The van der Waals surface area contributed by atoms with Gasteiger partial charge in [0.05, 0.1) is 24.9 Å². The van der Waals surface area contributed by atoms with E-state index < -0.39 is 12.0 Å². The second-order valence-corrected chi connectivity index (χ2v) is 8.05. The Morgan fingerprint density at radius 3 is 2.97 bits per heavy atom. The van der Waals surface area contributed by atoms with Crippen molar-refractivity contribution in [3.8, 4) is 11.1 Å². The van der Waals surface area contributed by atoms with Crippen molar-refractivity contribution in [1.82, 2.24) is 9.88 Å². The molecule has 1 unspecified atom stereocenters. The van der Waals surface area contributed by atoms with Crippen molar-refractivity contribution in [3.63, 3.8) is 0 Å². The van der Waals surface area contributed by atoms with E-state index in [1.807, 2.05) is 0 Å². The van der Waals surface area contributed by atoms with Crippen molar-refractivity contribution in [2.45, 2.75) is 11.8 Å². The molecule has 2 aromatic rings. The first-order chi connectivity index (χ1) is 14.0. The third-order valence-corrected chi connectivity index (χ3v) is 6.31. The fraction of sp³-hybridized carbons (Fsp3) is 0.368. The maximum absolute atomic E-state index is 13.0. The molecule has 1 spiro atoms. The molecule has 4 rings (SSSR count). The molecule has 0 radical (unpaired) electrons. The lowest BCUT2D eigenvalue weighted by atomic mass is 9.81. The molecule has 1 aromatic carbocycles. The Balaban J connectivity index is 1.65. The molecule has 0 aliphatic carbocycles. The summed E-state index contributed by atoms with van der Waals surface area (Å²) < 4.78 is 5.11. The topological polar surface area (TPSA) is 119 Å². The average molecular weight is 413 g/mol. The fourth-order valence-corrected chi connectivity index (χ4v) is 4.65. The van der Waals surface area contributed by atoms with Gasteiger partial charge in [0.1, 0.15) is 6.61 Å². The monoisotopic (exact) mass is 413 g/mol. The molecular formula is C19H19N5O4S. The number of amides is 3. The van der Waals surface area contributed by atoms with Crippen molar-refractivity contribution < 1.29 is 19.4 Å². The standard InChI is InChI=1S/C19H19N5O4S/c1-28-16-8-21-17(29-16)22-18(27)24-11-19(4-5-23(10-19)15(26)9-25)13-6-12(7-20)2-3-14(13)24/h2-3,6,8,25H,4-5,9-11H2,1H3,(H,21,22,27). The third-order valence-electron chi connectivity index (χ3n) is 5.44. The first kappa shape index (κ1) is 19.2. The van der Waals surface area contributed by atoms with Crippen LogP contribution in [0.4, 0.5) is 15.6 Å². The van der Waals surface area contributed by atoms with Gasteiger partial charge in [-0.25, -0.2) is 9.78 Å². The molecule has 9 nitrogen and oxygen atoms in total. The van der Waals surface area contributed by atoms with Crippen molar-refractivity contribution in [3.05, 3.63) is 35.5 Å². The van der Waals surface area contributed by atoms with Gasteiger partial charge in [-0.05, 0) is 30.2 Å². The number of benzene rings is 1. The largest absolute Gasteiger partial charge is 0.486 e. The maximum atomic E-state index is 13.0. The predicted molar refractivity (Wildman–Crippen MR) is 106 cm³/mol. The number of methoxy groups -OCH3 is 1. The van der Waals surface area contributed by atoms with Crippen LogP contribution in [0.15, 0.2) is 24.4 Å². The number of carbonyl (C=O) groups excluding carboxylic acids is 2. The highest BCUT2D eigenvalue weighted by molar-refractivity contribution is 7.17. The summed E-state index contributed by atoms with van der Waals surface area (Å²) in [5, 5.41) is 22.3. The number of hydrogen-bond acceptors (Lipinski definition) is 7. The molecule has 2 aliphatic heterocycles. The zero-order chi connectivity index (χ0) is 20.6. The molecule has 29 heavy (non-hydrogen) atoms. The second-order valence-electron chi connectivity index (χ2n) is 7.05. The van der Waals surface area contributed by atoms with E-state index in [0.29, 0.717) is 47.5 Å². The number of aliphatic hydroxyl groups excluding tert-OH is 1. The van der Waals surface area contributed by atoms with Gasteiger partial charge in [-0.1, -0.05) is 11.3 Å². The van der Waals surface area contributed by atoms with Crippen molar-refractivity contribution in [2.75, 3.05) is 43.6 Å². The van der Waals surface area contributed by atoms with Gasteiger partial charge in [0, 0.05) is 30.7 Å². The SMILES string of the molecule is COc1cnc(NC(=O)N2CC3(CCN(C(=O)CO)C3)c3cc(C#N)ccc32)s1. The number of aliphatic hydroxyl groups is 1. The summed E-state index contributed by atoms with van der Waals surface area (Å²) in [6.07, 6.45) is 2.18. The fourth-order valence-electron chi connectivity index (χ4n) is 4.02. The van der Waals surface area contributed by atoms with Gasteiger partial charge in [0.15, 0.2) is 10.2 Å². The summed E-state index contributed by atoms with van der Waals surface area (Å²) in [5.74, 6) is -0.336. The van der Waals surface area contributed by atoms with E-state index in [9.17, 15) is 20.0 Å². The molecule has 2 N–H and O–H groups in total. The number of hydrogen-bond donors (Lipinski definition) is 2. The molecule has 3 heterocycles. The van der Waals surface area contributed by atoms with Crippen LogP contribution in [0, 0.1) is 11.3 Å². The van der Waals surface area contributed by atoms with Gasteiger partial charge in [-0.15, -0.1) is 0 Å². The summed E-state index contributed by atoms with van der Waals surface area (Å²) >= 11 is 1.22. The molecule has 1 fully saturated rings. The van der Waals surface area contributed by atoms with Gasteiger partial charge in [-0.2, -0.15) is 5.26 Å². The van der Waals surface area contributed by atoms with Crippen LogP contribution in [-0.2, 0) is 10.2 Å². The Labute approximate surface area is 171 Å². The van der Waals surface area contributed by atoms with E-state index in [-0.39, 0.29) is 11.9 Å². The molecule has 1 saturated heterocycles. The smallest absolute Gasteiger partial charge is 0.328 e. The quantitative estimate of drug-likeness (QED) is 0.788. The van der Waals surface area contributed by atoms with Crippen LogP contribution in [0.1, 0.15) is 17.5 Å². The maximum Gasteiger partial charge on any atom is 0.328 e. The average Bonchev–Trinajstić information content (AvgIpc) is 3.45. The van der Waals surface area contributed by atoms with Crippen molar-refractivity contribution >= 4 is 34.1 Å². The van der Waals surface area contributed by atoms with Crippen LogP contribution in [0.2, 0.25) is 0 Å². The van der Waals surface area contributed by atoms with Gasteiger partial charge < -0.3 is 14.7 Å². The van der Waals surface area contributed by atoms with Gasteiger partial charge in [0.2, 0.25) is 5.91 Å². The predicted octanol–water partition coefficient (Wildman–Crippen LogP) is 1.54. The Morgan fingerprint density at radius 1 is 1.45 bits per heavy atom. The van der Waals surface area contributed by atoms with E-state index >= 15 is 0 Å². The molecule has 0 bridgehead atoms. The molecule has 10 heteroatoms. The lowest BCUT2D eigenvalue weighted by molar-refractivity contribution is -0.133. The molecular weight excluding hydrogens is 394 g/mol. The number of ether oxygens (including phenoxy) is 1. The highest BCUT2D eigenvalue weighted by Gasteiger charge is 2.49. The number of thiazole rings is 1. The van der Waals surface area contributed by atoms with E-state index in [4.69, 9.17) is 4.74 Å². The molecule has 3 amide bonds. The first-order valence-corrected chi connectivity index (χ1v) is 9.83. The van der Waals surface area contributed by atoms with Crippen LogP contribution in [0.5, 0.6) is 5.06 Å². The van der Waals surface area contributed by atoms with Crippen molar-refractivity contribution in [2.24, 2.45) is 0 Å². The zero-order valence-corrected chi connectivity index (χ0v) is 16.5. The summed E-state index contributed by atoms with van der Waals surface area (Å²) in [6.45, 7) is 0.718. The second kappa shape index (κ2) is 7.35. The number of nitrogens with zero attached hydrogens (tertiary/aromatic N) is 4. The van der Waals surface area contributed by atoms with Gasteiger partial charge in [-0.3, -0.25) is 15.0 Å². The van der Waals surface area contributed by atoms with Crippen molar-refractivity contribution in [1.29, 1.82) is 5.26 Å². The third kappa shape index (κ3) is 3.28. The highest BCUT2D eigenvalue weighted by Crippen LogP contribution is 2.47.